The van der Waals surface area contributed by atoms with Gasteiger partial charge in [0.2, 0.25) is 0 Å². The number of nitrogens with zero attached hydrogens (tertiary/aromatic N) is 3. The normalized spacial score (nSPS) is 26.7. The van der Waals surface area contributed by atoms with Crippen LogP contribution in [0.5, 0.6) is 0 Å². The fourth-order valence-electron chi connectivity index (χ4n) is 1.87. The Morgan fingerprint density at radius 2 is 2.20 bits per heavy atom. The number of aromatic nitrogens is 2. The van der Waals surface area contributed by atoms with Crippen molar-refractivity contribution < 1.29 is 0 Å². The molecule has 2 heterocycles. The van der Waals surface area contributed by atoms with Gasteiger partial charge in [-0.25, -0.2) is 0 Å². The van der Waals surface area contributed by atoms with Gasteiger partial charge in [0.15, 0.2) is 5.82 Å². The van der Waals surface area contributed by atoms with E-state index in [0.29, 0.717) is 5.92 Å². The molecule has 2 atom stereocenters. The van der Waals surface area contributed by atoms with Gasteiger partial charge in [-0.15, -0.1) is 5.10 Å². The molecule has 2 N–H and O–H groups in total. The van der Waals surface area contributed by atoms with E-state index in [4.69, 9.17) is 5.73 Å². The zero-order valence-electron chi connectivity index (χ0n) is 9.35. The quantitative estimate of drug-likeness (QED) is 0.743. The van der Waals surface area contributed by atoms with Gasteiger partial charge in [0.25, 0.3) is 0 Å². The molecule has 0 spiro atoms. The van der Waals surface area contributed by atoms with Gasteiger partial charge in [-0.3, -0.25) is 0 Å². The molecular weight excluding hydrogens is 188 g/mol. The molecule has 1 aromatic rings. The lowest BCUT2D eigenvalue weighted by atomic mass is 9.94. The van der Waals surface area contributed by atoms with E-state index in [1.54, 1.807) is 0 Å². The van der Waals surface area contributed by atoms with Crippen LogP contribution >= 0.6 is 0 Å². The SMILES string of the molecule is Cc1ccc(N2CCC(C)C(N)C2)nn1. The van der Waals surface area contributed by atoms with Crippen molar-refractivity contribution in [2.24, 2.45) is 11.7 Å². The summed E-state index contributed by atoms with van der Waals surface area (Å²) in [5.74, 6) is 1.56. The first-order valence-corrected chi connectivity index (χ1v) is 5.47. The van der Waals surface area contributed by atoms with E-state index in [0.717, 1.165) is 31.0 Å². The van der Waals surface area contributed by atoms with Gasteiger partial charge in [0.05, 0.1) is 5.69 Å². The highest BCUT2D eigenvalue weighted by molar-refractivity contribution is 5.38. The van der Waals surface area contributed by atoms with E-state index in [1.807, 2.05) is 19.1 Å². The number of rotatable bonds is 1. The minimum atomic E-state index is 0.252. The monoisotopic (exact) mass is 206 g/mol. The van der Waals surface area contributed by atoms with Crippen LogP contribution in [0.25, 0.3) is 0 Å². The molecule has 0 radical (unpaired) electrons. The molecule has 4 nitrogen and oxygen atoms in total. The summed E-state index contributed by atoms with van der Waals surface area (Å²) < 4.78 is 0. The van der Waals surface area contributed by atoms with Crippen molar-refractivity contribution in [3.8, 4) is 0 Å². The third-order valence-corrected chi connectivity index (χ3v) is 3.12. The minimum Gasteiger partial charge on any atom is -0.354 e. The molecule has 0 aliphatic carbocycles. The highest BCUT2D eigenvalue weighted by Gasteiger charge is 2.23. The van der Waals surface area contributed by atoms with Gasteiger partial charge >= 0.3 is 0 Å². The van der Waals surface area contributed by atoms with Crippen molar-refractivity contribution >= 4 is 5.82 Å². The number of hydrogen-bond donors (Lipinski definition) is 1. The van der Waals surface area contributed by atoms with Crippen LogP contribution in [0.2, 0.25) is 0 Å². The molecule has 2 rings (SSSR count). The molecule has 4 heteroatoms. The van der Waals surface area contributed by atoms with Gasteiger partial charge in [-0.1, -0.05) is 6.92 Å². The van der Waals surface area contributed by atoms with Crippen LogP contribution < -0.4 is 10.6 Å². The second kappa shape index (κ2) is 4.14. The summed E-state index contributed by atoms with van der Waals surface area (Å²) >= 11 is 0. The van der Waals surface area contributed by atoms with Crippen LogP contribution in [0.15, 0.2) is 12.1 Å². The summed E-state index contributed by atoms with van der Waals surface area (Å²) in [4.78, 5) is 2.22. The summed E-state index contributed by atoms with van der Waals surface area (Å²) in [6.45, 7) is 6.08. The van der Waals surface area contributed by atoms with Crippen LogP contribution in [0.4, 0.5) is 5.82 Å². The summed E-state index contributed by atoms with van der Waals surface area (Å²) in [6, 6.07) is 4.26. The number of hydrogen-bond acceptors (Lipinski definition) is 4. The van der Waals surface area contributed by atoms with Crippen molar-refractivity contribution in [2.45, 2.75) is 26.3 Å². The molecule has 1 aliphatic heterocycles. The van der Waals surface area contributed by atoms with Crippen molar-refractivity contribution in [1.29, 1.82) is 0 Å². The van der Waals surface area contributed by atoms with Crippen molar-refractivity contribution in [3.63, 3.8) is 0 Å². The first-order chi connectivity index (χ1) is 7.16. The van der Waals surface area contributed by atoms with Gasteiger partial charge in [0.1, 0.15) is 0 Å². The fourth-order valence-corrected chi connectivity index (χ4v) is 1.87. The van der Waals surface area contributed by atoms with Crippen LogP contribution in [0.1, 0.15) is 19.0 Å². The maximum Gasteiger partial charge on any atom is 0.151 e. The number of aryl methyl sites for hydroxylation is 1. The summed E-state index contributed by atoms with van der Waals surface area (Å²) in [6.07, 6.45) is 1.14. The zero-order chi connectivity index (χ0) is 10.8. The molecule has 0 aromatic carbocycles. The van der Waals surface area contributed by atoms with Crippen molar-refractivity contribution in [1.82, 2.24) is 10.2 Å². The topological polar surface area (TPSA) is 55.0 Å². The van der Waals surface area contributed by atoms with Gasteiger partial charge in [-0.2, -0.15) is 5.10 Å². The van der Waals surface area contributed by atoms with Crippen LogP contribution in [-0.4, -0.2) is 29.3 Å². The second-order valence-electron chi connectivity index (χ2n) is 4.41. The maximum atomic E-state index is 6.05. The van der Waals surface area contributed by atoms with E-state index in [2.05, 4.69) is 22.0 Å². The highest BCUT2D eigenvalue weighted by Crippen LogP contribution is 2.20. The first-order valence-electron chi connectivity index (χ1n) is 5.47. The Morgan fingerprint density at radius 3 is 2.80 bits per heavy atom. The molecule has 2 unspecified atom stereocenters. The molecule has 0 bridgehead atoms. The number of anilines is 1. The average Bonchev–Trinajstić information content (AvgIpc) is 2.23. The smallest absolute Gasteiger partial charge is 0.151 e. The first kappa shape index (κ1) is 10.4. The summed E-state index contributed by atoms with van der Waals surface area (Å²) in [5, 5.41) is 8.25. The molecule has 15 heavy (non-hydrogen) atoms. The standard InChI is InChI=1S/C11H18N4/c1-8-5-6-15(7-10(8)12)11-4-3-9(2)13-14-11/h3-4,8,10H,5-7,12H2,1-2H3. The summed E-state index contributed by atoms with van der Waals surface area (Å²) in [7, 11) is 0. The third-order valence-electron chi connectivity index (χ3n) is 3.12. The Hall–Kier alpha value is -1.16. The van der Waals surface area contributed by atoms with Crippen LogP contribution in [0.3, 0.4) is 0 Å². The lowest BCUT2D eigenvalue weighted by molar-refractivity contribution is 0.377. The molecule has 1 saturated heterocycles. The van der Waals surface area contributed by atoms with Crippen LogP contribution in [-0.2, 0) is 0 Å². The van der Waals surface area contributed by atoms with Gasteiger partial charge in [0, 0.05) is 19.1 Å². The largest absolute Gasteiger partial charge is 0.354 e. The van der Waals surface area contributed by atoms with E-state index in [1.165, 1.54) is 0 Å². The van der Waals surface area contributed by atoms with E-state index < -0.39 is 0 Å². The van der Waals surface area contributed by atoms with E-state index in [9.17, 15) is 0 Å². The lowest BCUT2D eigenvalue weighted by Crippen LogP contribution is -2.47. The van der Waals surface area contributed by atoms with Crippen molar-refractivity contribution in [3.05, 3.63) is 17.8 Å². The molecule has 1 aliphatic rings. The molecule has 0 amide bonds. The average molecular weight is 206 g/mol. The highest BCUT2D eigenvalue weighted by atomic mass is 15.3. The molecule has 82 valence electrons. The second-order valence-corrected chi connectivity index (χ2v) is 4.41. The molecular formula is C11H18N4. The Bertz CT molecular complexity index is 322. The van der Waals surface area contributed by atoms with Crippen molar-refractivity contribution in [2.75, 3.05) is 18.0 Å². The predicted molar refractivity (Wildman–Crippen MR) is 60.7 cm³/mol. The van der Waals surface area contributed by atoms with Crippen LogP contribution in [0, 0.1) is 12.8 Å². The van der Waals surface area contributed by atoms with Gasteiger partial charge < -0.3 is 10.6 Å². The Balaban J connectivity index is 2.08. The molecule has 1 fully saturated rings. The fraction of sp³-hybridized carbons (Fsp3) is 0.636. The Kier molecular flexibility index (Phi) is 2.86. The molecule has 1 aromatic heterocycles. The Morgan fingerprint density at radius 1 is 1.40 bits per heavy atom. The lowest BCUT2D eigenvalue weighted by Gasteiger charge is -2.35. The van der Waals surface area contributed by atoms with Gasteiger partial charge in [-0.05, 0) is 31.4 Å². The predicted octanol–water partition coefficient (Wildman–Crippen LogP) is 0.959. The molecule has 0 saturated carbocycles. The van der Waals surface area contributed by atoms with E-state index in [-0.39, 0.29) is 6.04 Å². The zero-order valence-corrected chi connectivity index (χ0v) is 9.35. The minimum absolute atomic E-state index is 0.252. The number of piperidine rings is 1. The Labute approximate surface area is 90.5 Å². The maximum absolute atomic E-state index is 6.05. The van der Waals surface area contributed by atoms with E-state index >= 15 is 0 Å². The number of nitrogens with two attached hydrogens (primary N) is 1. The summed E-state index contributed by atoms with van der Waals surface area (Å²) in [5.41, 5.74) is 7.00. The third kappa shape index (κ3) is 2.26.